The van der Waals surface area contributed by atoms with Crippen LogP contribution < -0.4 is 14.8 Å². The topological polar surface area (TPSA) is 50.7 Å². The number of benzene rings is 2. The quantitative estimate of drug-likeness (QED) is 0.846. The fourth-order valence-corrected chi connectivity index (χ4v) is 2.32. The largest absolute Gasteiger partial charge is 0.508 e. The van der Waals surface area contributed by atoms with Gasteiger partial charge in [-0.25, -0.2) is 0 Å². The smallest absolute Gasteiger partial charge is 0.127 e. The average Bonchev–Trinajstić information content (AvgIpc) is 2.50. The third-order valence-corrected chi connectivity index (χ3v) is 3.57. The number of rotatable bonds is 6. The molecule has 0 aliphatic heterocycles. The van der Waals surface area contributed by atoms with E-state index in [-0.39, 0.29) is 5.75 Å². The molecular formula is C18H23NO3. The monoisotopic (exact) mass is 301 g/mol. The number of hydrogen-bond donors (Lipinski definition) is 2. The van der Waals surface area contributed by atoms with Crippen molar-refractivity contribution >= 4 is 5.69 Å². The van der Waals surface area contributed by atoms with E-state index in [9.17, 15) is 5.11 Å². The molecule has 2 aromatic carbocycles. The van der Waals surface area contributed by atoms with Crippen molar-refractivity contribution in [3.05, 3.63) is 47.0 Å². The van der Waals surface area contributed by atoms with Gasteiger partial charge in [0, 0.05) is 12.7 Å². The first-order valence-corrected chi connectivity index (χ1v) is 7.42. The molecule has 0 atom stereocenters. The van der Waals surface area contributed by atoms with Gasteiger partial charge in [-0.3, -0.25) is 0 Å². The van der Waals surface area contributed by atoms with Gasteiger partial charge in [0.25, 0.3) is 0 Å². The standard InChI is InChI=1S/C18H23NO3/c1-5-21-17-8-6-7-15(19-4)14(17)11-22-18-10-12(2)16(20)9-13(18)3/h6-10,19-20H,5,11H2,1-4H3. The maximum absolute atomic E-state index is 9.72. The second kappa shape index (κ2) is 7.07. The Morgan fingerprint density at radius 3 is 2.50 bits per heavy atom. The van der Waals surface area contributed by atoms with E-state index in [0.717, 1.165) is 33.9 Å². The third-order valence-electron chi connectivity index (χ3n) is 3.57. The van der Waals surface area contributed by atoms with E-state index in [0.29, 0.717) is 13.2 Å². The molecule has 118 valence electrons. The summed E-state index contributed by atoms with van der Waals surface area (Å²) in [4.78, 5) is 0. The molecule has 0 radical (unpaired) electrons. The van der Waals surface area contributed by atoms with Crippen LogP contribution in [-0.4, -0.2) is 18.8 Å². The predicted molar refractivity (Wildman–Crippen MR) is 89.1 cm³/mol. The van der Waals surface area contributed by atoms with Gasteiger partial charge < -0.3 is 19.9 Å². The summed E-state index contributed by atoms with van der Waals surface area (Å²) in [5.74, 6) is 1.88. The van der Waals surface area contributed by atoms with Crippen LogP contribution >= 0.6 is 0 Å². The minimum Gasteiger partial charge on any atom is -0.508 e. The van der Waals surface area contributed by atoms with Gasteiger partial charge in [-0.2, -0.15) is 0 Å². The molecule has 0 saturated heterocycles. The Hall–Kier alpha value is -2.36. The van der Waals surface area contributed by atoms with Gasteiger partial charge >= 0.3 is 0 Å². The SMILES string of the molecule is CCOc1cccc(NC)c1COc1cc(C)c(O)cc1C. The zero-order valence-electron chi connectivity index (χ0n) is 13.6. The Labute approximate surface area is 131 Å². The summed E-state index contributed by atoms with van der Waals surface area (Å²) >= 11 is 0. The molecule has 0 bridgehead atoms. The average molecular weight is 301 g/mol. The Morgan fingerprint density at radius 2 is 1.82 bits per heavy atom. The number of aromatic hydroxyl groups is 1. The molecule has 4 heteroatoms. The Bertz CT molecular complexity index is 653. The van der Waals surface area contributed by atoms with Crippen molar-refractivity contribution in [1.29, 1.82) is 0 Å². The molecule has 0 aromatic heterocycles. The molecule has 0 aliphatic rings. The van der Waals surface area contributed by atoms with Crippen molar-refractivity contribution in [3.63, 3.8) is 0 Å². The van der Waals surface area contributed by atoms with E-state index in [1.807, 2.05) is 52.1 Å². The Kier molecular flexibility index (Phi) is 5.15. The second-order valence-corrected chi connectivity index (χ2v) is 5.16. The van der Waals surface area contributed by atoms with Crippen molar-refractivity contribution in [2.45, 2.75) is 27.4 Å². The molecule has 22 heavy (non-hydrogen) atoms. The zero-order valence-corrected chi connectivity index (χ0v) is 13.6. The first kappa shape index (κ1) is 16.0. The highest BCUT2D eigenvalue weighted by atomic mass is 16.5. The van der Waals surface area contributed by atoms with Crippen LogP contribution in [0.4, 0.5) is 5.69 Å². The Morgan fingerprint density at radius 1 is 1.05 bits per heavy atom. The van der Waals surface area contributed by atoms with Crippen molar-refractivity contribution in [1.82, 2.24) is 0 Å². The van der Waals surface area contributed by atoms with Gasteiger partial charge in [0.15, 0.2) is 0 Å². The summed E-state index contributed by atoms with van der Waals surface area (Å²) in [6.45, 7) is 6.75. The fraction of sp³-hybridized carbons (Fsp3) is 0.333. The minimum atomic E-state index is 0.287. The lowest BCUT2D eigenvalue weighted by Gasteiger charge is -2.17. The highest BCUT2D eigenvalue weighted by Gasteiger charge is 2.11. The van der Waals surface area contributed by atoms with E-state index in [2.05, 4.69) is 5.32 Å². The van der Waals surface area contributed by atoms with Crippen LogP contribution in [0.25, 0.3) is 0 Å². The van der Waals surface area contributed by atoms with E-state index in [4.69, 9.17) is 9.47 Å². The first-order chi connectivity index (χ1) is 10.6. The third kappa shape index (κ3) is 3.45. The number of aryl methyl sites for hydroxylation is 2. The summed E-state index contributed by atoms with van der Waals surface area (Å²) in [6.07, 6.45) is 0. The molecule has 2 rings (SSSR count). The van der Waals surface area contributed by atoms with Crippen LogP contribution in [-0.2, 0) is 6.61 Å². The lowest BCUT2D eigenvalue weighted by atomic mass is 10.1. The van der Waals surface area contributed by atoms with Crippen LogP contribution in [0, 0.1) is 13.8 Å². The van der Waals surface area contributed by atoms with Crippen LogP contribution in [0.3, 0.4) is 0 Å². The molecule has 0 amide bonds. The summed E-state index contributed by atoms with van der Waals surface area (Å²) in [5.41, 5.74) is 3.67. The van der Waals surface area contributed by atoms with Crippen molar-refractivity contribution in [3.8, 4) is 17.2 Å². The van der Waals surface area contributed by atoms with Gasteiger partial charge in [-0.05, 0) is 56.2 Å². The van der Waals surface area contributed by atoms with Gasteiger partial charge in [0.2, 0.25) is 0 Å². The molecule has 0 heterocycles. The molecule has 0 aliphatic carbocycles. The van der Waals surface area contributed by atoms with Crippen molar-refractivity contribution in [2.75, 3.05) is 19.0 Å². The maximum atomic E-state index is 9.72. The van der Waals surface area contributed by atoms with Crippen molar-refractivity contribution in [2.24, 2.45) is 0 Å². The number of phenols is 1. The maximum Gasteiger partial charge on any atom is 0.127 e. The first-order valence-electron chi connectivity index (χ1n) is 7.42. The highest BCUT2D eigenvalue weighted by molar-refractivity contribution is 5.57. The van der Waals surface area contributed by atoms with E-state index < -0.39 is 0 Å². The summed E-state index contributed by atoms with van der Waals surface area (Å²) < 4.78 is 11.6. The minimum absolute atomic E-state index is 0.287. The summed E-state index contributed by atoms with van der Waals surface area (Å²) in [5, 5.41) is 12.9. The van der Waals surface area contributed by atoms with Gasteiger partial charge in [0.1, 0.15) is 23.9 Å². The lowest BCUT2D eigenvalue weighted by molar-refractivity contribution is 0.285. The van der Waals surface area contributed by atoms with Gasteiger partial charge in [0.05, 0.1) is 12.2 Å². The highest BCUT2D eigenvalue weighted by Crippen LogP contribution is 2.31. The lowest BCUT2D eigenvalue weighted by Crippen LogP contribution is -2.05. The van der Waals surface area contributed by atoms with Gasteiger partial charge in [-0.1, -0.05) is 6.07 Å². The zero-order chi connectivity index (χ0) is 16.1. The van der Waals surface area contributed by atoms with Crippen molar-refractivity contribution < 1.29 is 14.6 Å². The molecule has 4 nitrogen and oxygen atoms in total. The Balaban J connectivity index is 2.26. The predicted octanol–water partition coefficient (Wildman–Crippen LogP) is 4.03. The number of nitrogens with one attached hydrogen (secondary N) is 1. The van der Waals surface area contributed by atoms with Gasteiger partial charge in [-0.15, -0.1) is 0 Å². The van der Waals surface area contributed by atoms with E-state index in [1.165, 1.54) is 0 Å². The van der Waals surface area contributed by atoms with Crippen LogP contribution in [0.1, 0.15) is 23.6 Å². The molecule has 0 fully saturated rings. The molecule has 0 spiro atoms. The molecule has 0 unspecified atom stereocenters. The second-order valence-electron chi connectivity index (χ2n) is 5.16. The number of anilines is 1. The molecule has 0 saturated carbocycles. The van der Waals surface area contributed by atoms with E-state index in [1.54, 1.807) is 6.07 Å². The van der Waals surface area contributed by atoms with E-state index >= 15 is 0 Å². The van der Waals surface area contributed by atoms with Crippen LogP contribution in [0.5, 0.6) is 17.2 Å². The number of ether oxygens (including phenoxy) is 2. The summed E-state index contributed by atoms with van der Waals surface area (Å²) in [6, 6.07) is 9.47. The molecule has 2 aromatic rings. The number of phenolic OH excluding ortho intramolecular Hbond substituents is 1. The van der Waals surface area contributed by atoms with Crippen LogP contribution in [0.15, 0.2) is 30.3 Å². The summed E-state index contributed by atoms with van der Waals surface area (Å²) in [7, 11) is 1.88. The number of hydrogen-bond acceptors (Lipinski definition) is 4. The molecule has 2 N–H and O–H groups in total. The normalized spacial score (nSPS) is 10.4. The molecular weight excluding hydrogens is 278 g/mol. The van der Waals surface area contributed by atoms with Crippen LogP contribution in [0.2, 0.25) is 0 Å². The fourth-order valence-electron chi connectivity index (χ4n) is 2.32.